The van der Waals surface area contributed by atoms with E-state index in [0.29, 0.717) is 24.1 Å². The summed E-state index contributed by atoms with van der Waals surface area (Å²) in [4.78, 5) is 16.3. The van der Waals surface area contributed by atoms with Gasteiger partial charge >= 0.3 is 6.09 Å². The molecule has 0 aliphatic carbocycles. The highest BCUT2D eigenvalue weighted by molar-refractivity contribution is 5.67. The van der Waals surface area contributed by atoms with Crippen LogP contribution in [0.1, 0.15) is 121 Å². The zero-order chi connectivity index (χ0) is 31.8. The smallest absolute Gasteiger partial charge is 0.407 e. The number of alkyl carbamates (subject to hydrolysis) is 1. The molecular weight excluding hydrogens is 574 g/mol. The van der Waals surface area contributed by atoms with Crippen molar-refractivity contribution in [1.82, 2.24) is 25.2 Å². The second-order valence-electron chi connectivity index (χ2n) is 11.8. The summed E-state index contributed by atoms with van der Waals surface area (Å²) in [6.45, 7) is 5.57. The van der Waals surface area contributed by atoms with Crippen molar-refractivity contribution in [3.63, 3.8) is 0 Å². The summed E-state index contributed by atoms with van der Waals surface area (Å²) < 4.78 is 29.7. The van der Waals surface area contributed by atoms with E-state index in [9.17, 15) is 4.79 Å². The molecule has 45 heavy (non-hydrogen) atoms. The third-order valence-corrected chi connectivity index (χ3v) is 7.70. The first-order chi connectivity index (χ1) is 22.1. The summed E-state index contributed by atoms with van der Waals surface area (Å²) in [6.07, 6.45) is 25.3. The molecule has 1 atom stereocenters. The van der Waals surface area contributed by atoms with Crippen LogP contribution in [0.15, 0.2) is 39.9 Å². The number of rotatable bonds is 27. The molecule has 1 unspecified atom stereocenters. The molecule has 0 spiro atoms. The lowest BCUT2D eigenvalue weighted by molar-refractivity contribution is 0.0471. The first-order valence-electron chi connectivity index (χ1n) is 17.2. The van der Waals surface area contributed by atoms with Crippen molar-refractivity contribution < 1.29 is 28.1 Å². The Morgan fingerprint density at radius 3 is 2.20 bits per heavy atom. The molecule has 0 saturated carbocycles. The molecule has 0 radical (unpaired) electrons. The fourth-order valence-corrected chi connectivity index (χ4v) is 5.09. The fourth-order valence-electron chi connectivity index (χ4n) is 5.09. The molecule has 11 nitrogen and oxygen atoms in total. The number of carbonyl (C=O) groups is 1. The van der Waals surface area contributed by atoms with Crippen molar-refractivity contribution in [1.29, 1.82) is 0 Å². The minimum absolute atomic E-state index is 0.0258. The Labute approximate surface area is 268 Å². The number of aromatic nitrogens is 4. The molecular formula is C34H55N5O6. The van der Waals surface area contributed by atoms with E-state index in [1.54, 1.807) is 25.5 Å². The number of amides is 1. The van der Waals surface area contributed by atoms with E-state index < -0.39 is 12.2 Å². The zero-order valence-electron chi connectivity index (χ0n) is 27.6. The highest BCUT2D eigenvalue weighted by Gasteiger charge is 2.18. The van der Waals surface area contributed by atoms with Gasteiger partial charge in [0.2, 0.25) is 0 Å². The molecule has 3 heterocycles. The average molecular weight is 630 g/mol. The van der Waals surface area contributed by atoms with Gasteiger partial charge in [-0.15, -0.1) is 0 Å². The van der Waals surface area contributed by atoms with E-state index >= 15 is 0 Å². The molecule has 3 aromatic rings. The molecule has 252 valence electrons. The number of hydrogen-bond donors (Lipinski definition) is 1. The Morgan fingerprint density at radius 2 is 1.53 bits per heavy atom. The second-order valence-corrected chi connectivity index (χ2v) is 11.8. The van der Waals surface area contributed by atoms with Crippen LogP contribution in [0.25, 0.3) is 0 Å². The van der Waals surface area contributed by atoms with Gasteiger partial charge in [0.25, 0.3) is 11.8 Å². The van der Waals surface area contributed by atoms with Crippen molar-refractivity contribution in [3.8, 4) is 11.8 Å². The topological polar surface area (TPSA) is 127 Å². The Bertz CT molecular complexity index is 1130. The Hall–Kier alpha value is -3.50. The van der Waals surface area contributed by atoms with E-state index in [1.165, 1.54) is 77.0 Å². The maximum atomic E-state index is 12.3. The third kappa shape index (κ3) is 17.0. The molecule has 0 saturated heterocycles. The Morgan fingerprint density at radius 1 is 0.844 bits per heavy atom. The highest BCUT2D eigenvalue weighted by Crippen LogP contribution is 2.18. The number of imidazole rings is 1. The molecule has 0 aliphatic rings. The highest BCUT2D eigenvalue weighted by atomic mass is 16.6. The number of unbranched alkanes of at least 4 members (excludes halogenated alkanes) is 14. The average Bonchev–Trinajstić information content (AvgIpc) is 3.82. The lowest BCUT2D eigenvalue weighted by atomic mass is 10.0. The Kier molecular flexibility index (Phi) is 18.3. The summed E-state index contributed by atoms with van der Waals surface area (Å²) in [5, 5.41) is 10.7. The van der Waals surface area contributed by atoms with Gasteiger partial charge in [0.15, 0.2) is 6.10 Å². The summed E-state index contributed by atoms with van der Waals surface area (Å²) in [6, 6.07) is 3.48. The van der Waals surface area contributed by atoms with Gasteiger partial charge in [-0.2, -0.15) is 0 Å². The van der Waals surface area contributed by atoms with Crippen molar-refractivity contribution >= 4 is 6.09 Å². The maximum Gasteiger partial charge on any atom is 0.407 e. The molecule has 3 aromatic heterocycles. The van der Waals surface area contributed by atoms with Gasteiger partial charge in [-0.1, -0.05) is 84.0 Å². The monoisotopic (exact) mass is 629 g/mol. The van der Waals surface area contributed by atoms with Crippen molar-refractivity contribution in [3.05, 3.63) is 42.4 Å². The number of ether oxygens (including phenoxy) is 3. The van der Waals surface area contributed by atoms with E-state index in [2.05, 4.69) is 27.5 Å². The number of aryl methyl sites for hydroxylation is 3. The van der Waals surface area contributed by atoms with Crippen LogP contribution in [0, 0.1) is 6.92 Å². The van der Waals surface area contributed by atoms with Crippen LogP contribution in [0.3, 0.4) is 0 Å². The Balaban J connectivity index is 1.26. The summed E-state index contributed by atoms with van der Waals surface area (Å²) >= 11 is 0. The van der Waals surface area contributed by atoms with Gasteiger partial charge in [0.05, 0.1) is 6.33 Å². The van der Waals surface area contributed by atoms with Crippen LogP contribution in [-0.4, -0.2) is 51.8 Å². The van der Waals surface area contributed by atoms with Crippen molar-refractivity contribution in [2.45, 2.75) is 136 Å². The predicted octanol–water partition coefficient (Wildman–Crippen LogP) is 8.22. The van der Waals surface area contributed by atoms with Crippen LogP contribution in [0.4, 0.5) is 4.79 Å². The fraction of sp³-hybridized carbons (Fsp3) is 0.706. The molecule has 0 bridgehead atoms. The van der Waals surface area contributed by atoms with E-state index in [-0.39, 0.29) is 13.2 Å². The minimum Gasteiger partial charge on any atom is -0.471 e. The van der Waals surface area contributed by atoms with E-state index in [4.69, 9.17) is 23.3 Å². The van der Waals surface area contributed by atoms with Crippen LogP contribution < -0.4 is 14.8 Å². The molecule has 1 N–H and O–H groups in total. The molecule has 0 aliphatic heterocycles. The first kappa shape index (κ1) is 36.0. The van der Waals surface area contributed by atoms with E-state index in [1.807, 2.05) is 16.8 Å². The molecule has 1 amide bonds. The van der Waals surface area contributed by atoms with Gasteiger partial charge in [0.1, 0.15) is 24.7 Å². The maximum absolute atomic E-state index is 12.3. The van der Waals surface area contributed by atoms with Gasteiger partial charge in [-0.05, 0) is 42.9 Å². The normalized spacial score (nSPS) is 11.9. The quantitative estimate of drug-likeness (QED) is 0.0830. The van der Waals surface area contributed by atoms with Gasteiger partial charge in [-0.3, -0.25) is 0 Å². The summed E-state index contributed by atoms with van der Waals surface area (Å²) in [7, 11) is 0. The van der Waals surface area contributed by atoms with Gasteiger partial charge in [-0.25, -0.2) is 9.78 Å². The van der Waals surface area contributed by atoms with Crippen molar-refractivity contribution in [2.24, 2.45) is 0 Å². The summed E-state index contributed by atoms with van der Waals surface area (Å²) in [5.74, 6) is 2.10. The number of carbonyl (C=O) groups excluding carboxylic acids is 1. The number of hydrogen-bond acceptors (Lipinski definition) is 9. The SMILES string of the molecule is CCCCCCCCCCCCCCCc1cc(OCC(COC(=O)NCCCCCn2ccnc2)Oc2cc(C)on2)no1. The van der Waals surface area contributed by atoms with Crippen molar-refractivity contribution in [2.75, 3.05) is 19.8 Å². The van der Waals surface area contributed by atoms with Crippen LogP contribution >= 0.6 is 0 Å². The number of nitrogens with zero attached hydrogens (tertiary/aromatic N) is 4. The molecule has 0 aromatic carbocycles. The largest absolute Gasteiger partial charge is 0.471 e. The van der Waals surface area contributed by atoms with Gasteiger partial charge < -0.3 is 33.1 Å². The summed E-state index contributed by atoms with van der Waals surface area (Å²) in [5.41, 5.74) is 0. The third-order valence-electron chi connectivity index (χ3n) is 7.70. The standard InChI is InChI=1S/C34H55N5O6/c1-3-4-5-6-7-8-9-10-11-12-13-14-16-19-30-25-32(37-45-30)41-26-31(43-33-24-29(2)44-38-33)27-42-34(40)36-20-17-15-18-22-39-23-21-35-28-39/h21,23-25,28,31H,3-20,22,26-27H2,1-2H3,(H,36,40). The lowest BCUT2D eigenvalue weighted by Gasteiger charge is -2.17. The molecule has 3 rings (SSSR count). The van der Waals surface area contributed by atoms with E-state index in [0.717, 1.165) is 44.4 Å². The zero-order valence-corrected chi connectivity index (χ0v) is 27.6. The van der Waals surface area contributed by atoms with Crippen LogP contribution in [0.2, 0.25) is 0 Å². The van der Waals surface area contributed by atoms with Gasteiger partial charge in [0, 0.05) is 44.0 Å². The molecule has 11 heteroatoms. The van der Waals surface area contributed by atoms with Crippen LogP contribution in [0.5, 0.6) is 11.8 Å². The molecule has 0 fully saturated rings. The van der Waals surface area contributed by atoms with Crippen LogP contribution in [-0.2, 0) is 17.7 Å². The first-order valence-corrected chi connectivity index (χ1v) is 17.2. The minimum atomic E-state index is -0.614. The lowest BCUT2D eigenvalue weighted by Crippen LogP contribution is -2.34. The number of nitrogens with one attached hydrogen (secondary N) is 1. The predicted molar refractivity (Wildman–Crippen MR) is 172 cm³/mol. The second kappa shape index (κ2) is 22.9.